The Morgan fingerprint density at radius 1 is 0.917 bits per heavy atom. The van der Waals surface area contributed by atoms with Crippen LogP contribution in [0.2, 0.25) is 0 Å². The molecule has 2 nitrogen and oxygen atoms in total. The maximum absolute atomic E-state index is 12.8. The number of nitrogens with one attached hydrogen (secondary N) is 1. The Morgan fingerprint density at radius 2 is 1.38 bits per heavy atom. The van der Waals surface area contributed by atoms with Crippen molar-refractivity contribution < 1.29 is 26.3 Å². The Hall–Kier alpha value is -2.29. The molecule has 0 aromatic heterocycles. The minimum absolute atomic E-state index is 0.0545. The van der Waals surface area contributed by atoms with E-state index < -0.39 is 29.2 Å². The van der Waals surface area contributed by atoms with Crippen LogP contribution >= 0.6 is 12.2 Å². The van der Waals surface area contributed by atoms with E-state index >= 15 is 0 Å². The van der Waals surface area contributed by atoms with E-state index in [0.29, 0.717) is 17.7 Å². The number of anilines is 1. The lowest BCUT2D eigenvalue weighted by atomic mass is 10.1. The lowest BCUT2D eigenvalue weighted by Crippen LogP contribution is -2.27. The van der Waals surface area contributed by atoms with Crippen molar-refractivity contribution in [2.24, 2.45) is 0 Å². The monoisotopic (exact) mass is 364 g/mol. The molecule has 0 spiro atoms. The van der Waals surface area contributed by atoms with Crippen molar-refractivity contribution in [1.82, 2.24) is 4.90 Å². The third kappa shape index (κ3) is 4.38. The molecule has 0 saturated heterocycles. The first-order chi connectivity index (χ1) is 11.0. The van der Waals surface area contributed by atoms with Gasteiger partial charge < -0.3 is 10.2 Å². The maximum Gasteiger partial charge on any atom is 0.416 e. The number of rotatable bonds is 1. The molecule has 1 aliphatic rings. The number of benzene rings is 1. The molecule has 0 bridgehead atoms. The van der Waals surface area contributed by atoms with Crippen molar-refractivity contribution in [2.45, 2.75) is 12.4 Å². The molecule has 0 aliphatic carbocycles. The molecular formula is C15H10F6N2S. The summed E-state index contributed by atoms with van der Waals surface area (Å²) < 4.78 is 76.8. The highest BCUT2D eigenvalue weighted by atomic mass is 32.1. The van der Waals surface area contributed by atoms with Gasteiger partial charge in [-0.25, -0.2) is 0 Å². The normalized spacial score (nSPS) is 14.9. The van der Waals surface area contributed by atoms with Gasteiger partial charge in [0.15, 0.2) is 5.11 Å². The van der Waals surface area contributed by atoms with Crippen molar-refractivity contribution in [3.05, 3.63) is 66.0 Å². The molecule has 0 unspecified atom stereocenters. The zero-order valence-corrected chi connectivity index (χ0v) is 12.7. The summed E-state index contributed by atoms with van der Waals surface area (Å²) in [4.78, 5) is 1.33. The van der Waals surface area contributed by atoms with E-state index in [-0.39, 0.29) is 11.2 Å². The van der Waals surface area contributed by atoms with E-state index in [2.05, 4.69) is 11.9 Å². The molecule has 9 heteroatoms. The Balaban J connectivity index is 2.32. The molecule has 0 amide bonds. The second kappa shape index (κ2) is 6.31. The summed E-state index contributed by atoms with van der Waals surface area (Å²) in [5, 5.41) is 2.30. The molecule has 2 rings (SSSR count). The number of nitrogens with zero attached hydrogens (tertiary/aromatic N) is 1. The zero-order chi connectivity index (χ0) is 18.1. The Labute approximate surface area is 138 Å². The second-order valence-electron chi connectivity index (χ2n) is 4.84. The van der Waals surface area contributed by atoms with Crippen LogP contribution in [0.25, 0.3) is 0 Å². The highest BCUT2D eigenvalue weighted by Crippen LogP contribution is 2.37. The van der Waals surface area contributed by atoms with Crippen LogP contribution in [0.15, 0.2) is 54.9 Å². The zero-order valence-electron chi connectivity index (χ0n) is 11.9. The highest BCUT2D eigenvalue weighted by molar-refractivity contribution is 7.80. The van der Waals surface area contributed by atoms with Gasteiger partial charge in [0, 0.05) is 18.1 Å². The van der Waals surface area contributed by atoms with E-state index in [1.54, 1.807) is 12.2 Å². The Kier molecular flexibility index (Phi) is 4.75. The molecule has 24 heavy (non-hydrogen) atoms. The molecule has 1 N–H and O–H groups in total. The number of hydrogen-bond acceptors (Lipinski definition) is 1. The van der Waals surface area contributed by atoms with E-state index in [1.165, 1.54) is 17.3 Å². The lowest BCUT2D eigenvalue weighted by molar-refractivity contribution is -0.143. The van der Waals surface area contributed by atoms with Crippen LogP contribution in [0.4, 0.5) is 32.0 Å². The lowest BCUT2D eigenvalue weighted by Gasteiger charge is -2.21. The van der Waals surface area contributed by atoms with Crippen LogP contribution < -0.4 is 5.32 Å². The summed E-state index contributed by atoms with van der Waals surface area (Å²) in [6.45, 7) is 3.66. The molecule has 0 radical (unpaired) electrons. The van der Waals surface area contributed by atoms with Crippen molar-refractivity contribution >= 4 is 23.0 Å². The Morgan fingerprint density at radius 3 is 1.79 bits per heavy atom. The number of thiocarbonyl (C=S) groups is 1. The van der Waals surface area contributed by atoms with Crippen LogP contribution in [0.1, 0.15) is 11.1 Å². The molecule has 0 saturated carbocycles. The summed E-state index contributed by atoms with van der Waals surface area (Å²) in [7, 11) is 0. The van der Waals surface area contributed by atoms with Crippen LogP contribution in [-0.4, -0.2) is 10.0 Å². The quantitative estimate of drug-likeness (QED) is 0.536. The first kappa shape index (κ1) is 18.1. The van der Waals surface area contributed by atoms with E-state index in [4.69, 9.17) is 12.2 Å². The molecule has 0 atom stereocenters. The van der Waals surface area contributed by atoms with Crippen LogP contribution in [-0.2, 0) is 12.4 Å². The highest BCUT2D eigenvalue weighted by Gasteiger charge is 2.37. The Bertz CT molecular complexity index is 682. The topological polar surface area (TPSA) is 15.3 Å². The van der Waals surface area contributed by atoms with Gasteiger partial charge in [0.2, 0.25) is 0 Å². The van der Waals surface area contributed by atoms with Crippen molar-refractivity contribution in [2.75, 3.05) is 5.32 Å². The molecule has 1 aromatic carbocycles. The van der Waals surface area contributed by atoms with Gasteiger partial charge in [-0.2, -0.15) is 26.3 Å². The summed E-state index contributed by atoms with van der Waals surface area (Å²) >= 11 is 4.99. The third-order valence-electron chi connectivity index (χ3n) is 2.97. The van der Waals surface area contributed by atoms with Gasteiger partial charge in [-0.05, 0) is 48.1 Å². The summed E-state index contributed by atoms with van der Waals surface area (Å²) in [6, 6.07) is 1.19. The summed E-state index contributed by atoms with van der Waals surface area (Å²) in [6.07, 6.45) is -3.70. The van der Waals surface area contributed by atoms with E-state index in [9.17, 15) is 26.3 Å². The van der Waals surface area contributed by atoms with Gasteiger partial charge in [0.05, 0.1) is 11.1 Å². The standard InChI is InChI=1S/C15H10F6N2S/c1-9-2-4-23(5-3-9)13(24)22-12-7-10(14(16,17)18)6-11(8-12)15(19,20)21/h2-8H,1H2,(H,22,24). The predicted molar refractivity (Wildman–Crippen MR) is 81.9 cm³/mol. The molecule has 0 fully saturated rings. The summed E-state index contributed by atoms with van der Waals surface area (Å²) in [5.74, 6) is 0. The third-order valence-corrected chi connectivity index (χ3v) is 3.28. The van der Waals surface area contributed by atoms with Gasteiger partial charge in [-0.1, -0.05) is 6.58 Å². The smallest absolute Gasteiger partial charge is 0.332 e. The number of halogens is 6. The van der Waals surface area contributed by atoms with Crippen LogP contribution in [0, 0.1) is 0 Å². The number of hydrogen-bond donors (Lipinski definition) is 1. The van der Waals surface area contributed by atoms with Crippen LogP contribution in [0.5, 0.6) is 0 Å². The van der Waals surface area contributed by atoms with Gasteiger partial charge in [0.25, 0.3) is 0 Å². The second-order valence-corrected chi connectivity index (χ2v) is 5.23. The van der Waals surface area contributed by atoms with Gasteiger partial charge in [-0.3, -0.25) is 0 Å². The number of alkyl halides is 6. The predicted octanol–water partition coefficient (Wildman–Crippen LogP) is 5.32. The average Bonchev–Trinajstić information content (AvgIpc) is 2.45. The van der Waals surface area contributed by atoms with E-state index in [1.807, 2.05) is 0 Å². The maximum atomic E-state index is 12.8. The molecule has 1 aliphatic heterocycles. The molecule has 1 aromatic rings. The average molecular weight is 364 g/mol. The van der Waals surface area contributed by atoms with Crippen molar-refractivity contribution in [1.29, 1.82) is 0 Å². The molecular weight excluding hydrogens is 354 g/mol. The summed E-state index contributed by atoms with van der Waals surface area (Å²) in [5.41, 5.74) is -2.57. The molecule has 128 valence electrons. The fourth-order valence-corrected chi connectivity index (χ4v) is 2.05. The fourth-order valence-electron chi connectivity index (χ4n) is 1.81. The van der Waals surface area contributed by atoms with Gasteiger partial charge in [-0.15, -0.1) is 0 Å². The minimum Gasteiger partial charge on any atom is -0.332 e. The fraction of sp³-hybridized carbons (Fsp3) is 0.133. The van der Waals surface area contributed by atoms with E-state index in [0.717, 1.165) is 0 Å². The number of allylic oxidation sites excluding steroid dienone is 3. The SMILES string of the molecule is C=C1C=CN(C(=S)Nc2cc(C(F)(F)F)cc(C(F)(F)F)c2)C=C1. The van der Waals surface area contributed by atoms with Crippen LogP contribution in [0.3, 0.4) is 0 Å². The van der Waals surface area contributed by atoms with Gasteiger partial charge in [0.1, 0.15) is 0 Å². The van der Waals surface area contributed by atoms with Gasteiger partial charge >= 0.3 is 12.4 Å². The van der Waals surface area contributed by atoms with Crippen molar-refractivity contribution in [3.8, 4) is 0 Å². The van der Waals surface area contributed by atoms with Crippen molar-refractivity contribution in [3.63, 3.8) is 0 Å². The first-order valence-corrected chi connectivity index (χ1v) is 6.82. The first-order valence-electron chi connectivity index (χ1n) is 6.41. The largest absolute Gasteiger partial charge is 0.416 e. The minimum atomic E-state index is -4.91. The molecule has 1 heterocycles.